The summed E-state index contributed by atoms with van der Waals surface area (Å²) in [5.41, 5.74) is -1.08. The van der Waals surface area contributed by atoms with Crippen LogP contribution in [0.4, 0.5) is 4.39 Å². The number of hydrogen-bond acceptors (Lipinski definition) is 4. The number of nitrogens with zero attached hydrogens (tertiary/aromatic N) is 1. The molecule has 1 atom stereocenters. The van der Waals surface area contributed by atoms with E-state index in [1.165, 1.54) is 20.8 Å². The van der Waals surface area contributed by atoms with Crippen LogP contribution in [0.3, 0.4) is 0 Å². The third kappa shape index (κ3) is 2.43. The maximum Gasteiger partial charge on any atom is 0.363 e. The summed E-state index contributed by atoms with van der Waals surface area (Å²) in [7, 11) is 0. The van der Waals surface area contributed by atoms with E-state index in [0.29, 0.717) is 4.68 Å². The van der Waals surface area contributed by atoms with Crippen molar-refractivity contribution in [3.63, 3.8) is 0 Å². The van der Waals surface area contributed by atoms with E-state index in [4.69, 9.17) is 0 Å². The third-order valence-corrected chi connectivity index (χ3v) is 2.37. The normalized spacial score (nSPS) is 12.2. The van der Waals surface area contributed by atoms with Crippen molar-refractivity contribution in [2.75, 3.05) is 6.61 Å². The van der Waals surface area contributed by atoms with Gasteiger partial charge in [-0.3, -0.25) is 14.7 Å². The molecule has 0 fully saturated rings. The SMILES string of the molecule is CCOC(=O)C(F)n1[nH]c(=O)c(C)c(C)c1=O. The summed E-state index contributed by atoms with van der Waals surface area (Å²) in [6.07, 6.45) is -2.34. The van der Waals surface area contributed by atoms with Crippen molar-refractivity contribution in [3.05, 3.63) is 31.8 Å². The van der Waals surface area contributed by atoms with Gasteiger partial charge in [0.15, 0.2) is 0 Å². The van der Waals surface area contributed by atoms with Crippen molar-refractivity contribution in [2.24, 2.45) is 0 Å². The zero-order chi connectivity index (χ0) is 13.2. The second kappa shape index (κ2) is 4.94. The largest absolute Gasteiger partial charge is 0.462 e. The minimum Gasteiger partial charge on any atom is -0.462 e. The summed E-state index contributed by atoms with van der Waals surface area (Å²) in [6, 6.07) is 0. The van der Waals surface area contributed by atoms with Crippen LogP contribution < -0.4 is 11.1 Å². The van der Waals surface area contributed by atoms with E-state index in [1.807, 2.05) is 5.10 Å². The first-order valence-corrected chi connectivity index (χ1v) is 5.02. The number of aromatic nitrogens is 2. The standard InChI is InChI=1S/C10H13FN2O4/c1-4-17-10(16)7(11)13-9(15)6(3)5(2)8(14)12-13/h7H,4H2,1-3H3,(H,12,14). The van der Waals surface area contributed by atoms with E-state index >= 15 is 0 Å². The van der Waals surface area contributed by atoms with E-state index in [0.717, 1.165) is 0 Å². The average molecular weight is 244 g/mol. The number of H-pyrrole nitrogens is 1. The Morgan fingerprint density at radius 1 is 1.41 bits per heavy atom. The molecule has 1 rings (SSSR count). The highest BCUT2D eigenvalue weighted by Crippen LogP contribution is 2.06. The smallest absolute Gasteiger partial charge is 0.363 e. The second-order valence-electron chi connectivity index (χ2n) is 3.45. The van der Waals surface area contributed by atoms with Crippen molar-refractivity contribution in [2.45, 2.75) is 27.1 Å². The molecule has 6 nitrogen and oxygen atoms in total. The summed E-state index contributed by atoms with van der Waals surface area (Å²) in [5.74, 6) is -1.21. The van der Waals surface area contributed by atoms with Gasteiger partial charge in [0.1, 0.15) is 0 Å². The average Bonchev–Trinajstić information content (AvgIpc) is 2.30. The quantitative estimate of drug-likeness (QED) is 0.769. The summed E-state index contributed by atoms with van der Waals surface area (Å²) in [4.78, 5) is 34.1. The molecule has 0 aliphatic carbocycles. The number of halogens is 1. The van der Waals surface area contributed by atoms with Gasteiger partial charge in [0.2, 0.25) is 0 Å². The van der Waals surface area contributed by atoms with E-state index < -0.39 is 23.4 Å². The van der Waals surface area contributed by atoms with Crippen LogP contribution in [-0.4, -0.2) is 22.4 Å². The van der Waals surface area contributed by atoms with Gasteiger partial charge in [-0.15, -0.1) is 0 Å². The van der Waals surface area contributed by atoms with Crippen LogP contribution in [0.1, 0.15) is 24.3 Å². The monoisotopic (exact) mass is 244 g/mol. The summed E-state index contributed by atoms with van der Waals surface area (Å²) in [5, 5.41) is 2.00. The van der Waals surface area contributed by atoms with Crippen molar-refractivity contribution in [1.29, 1.82) is 0 Å². The Kier molecular flexibility index (Phi) is 3.82. The molecule has 7 heteroatoms. The van der Waals surface area contributed by atoms with Crippen LogP contribution in [0.2, 0.25) is 0 Å². The lowest BCUT2D eigenvalue weighted by Gasteiger charge is -2.11. The predicted octanol–water partition coefficient (Wildman–Crippen LogP) is 0.185. The van der Waals surface area contributed by atoms with Gasteiger partial charge in [-0.1, -0.05) is 0 Å². The lowest BCUT2D eigenvalue weighted by atomic mass is 10.2. The zero-order valence-corrected chi connectivity index (χ0v) is 9.74. The molecule has 1 aromatic rings. The number of aromatic amines is 1. The third-order valence-electron chi connectivity index (χ3n) is 2.37. The van der Waals surface area contributed by atoms with Crippen molar-refractivity contribution in [1.82, 2.24) is 9.78 Å². The second-order valence-corrected chi connectivity index (χ2v) is 3.45. The van der Waals surface area contributed by atoms with Gasteiger partial charge in [-0.2, -0.15) is 0 Å². The van der Waals surface area contributed by atoms with Gasteiger partial charge in [0.05, 0.1) is 6.61 Å². The summed E-state index contributed by atoms with van der Waals surface area (Å²) >= 11 is 0. The van der Waals surface area contributed by atoms with Crippen LogP contribution in [-0.2, 0) is 9.53 Å². The highest BCUT2D eigenvalue weighted by Gasteiger charge is 2.24. The number of alkyl halides is 1. The molecular formula is C10H13FN2O4. The molecule has 0 aliphatic heterocycles. The molecule has 1 aromatic heterocycles. The summed E-state index contributed by atoms with van der Waals surface area (Å²) < 4.78 is 18.3. The van der Waals surface area contributed by atoms with E-state index in [-0.39, 0.29) is 17.7 Å². The van der Waals surface area contributed by atoms with E-state index in [1.54, 1.807) is 0 Å². The van der Waals surface area contributed by atoms with Gasteiger partial charge >= 0.3 is 5.97 Å². The first kappa shape index (κ1) is 13.1. The molecule has 0 aliphatic rings. The van der Waals surface area contributed by atoms with Crippen molar-refractivity contribution in [3.8, 4) is 0 Å². The number of esters is 1. The van der Waals surface area contributed by atoms with Crippen LogP contribution in [0.15, 0.2) is 9.59 Å². The number of hydrogen-bond donors (Lipinski definition) is 1. The van der Waals surface area contributed by atoms with Crippen LogP contribution >= 0.6 is 0 Å². The lowest BCUT2D eigenvalue weighted by molar-refractivity contribution is -0.153. The number of nitrogens with one attached hydrogen (secondary N) is 1. The van der Waals surface area contributed by atoms with E-state index in [2.05, 4.69) is 4.74 Å². The molecule has 0 amide bonds. The Morgan fingerprint density at radius 2 is 2.00 bits per heavy atom. The number of carbonyl (C=O) groups excluding carboxylic acids is 1. The maximum atomic E-state index is 13.6. The van der Waals surface area contributed by atoms with Gasteiger partial charge < -0.3 is 4.74 Å². The van der Waals surface area contributed by atoms with Crippen molar-refractivity contribution < 1.29 is 13.9 Å². The molecule has 1 heterocycles. The summed E-state index contributed by atoms with van der Waals surface area (Å²) in [6.45, 7) is 4.33. The molecule has 0 radical (unpaired) electrons. The van der Waals surface area contributed by atoms with Gasteiger partial charge in [-0.25, -0.2) is 13.9 Å². The lowest BCUT2D eigenvalue weighted by Crippen LogP contribution is -2.37. The molecule has 17 heavy (non-hydrogen) atoms. The fourth-order valence-corrected chi connectivity index (χ4v) is 1.23. The zero-order valence-electron chi connectivity index (χ0n) is 9.74. The topological polar surface area (TPSA) is 81.2 Å². The number of carbonyl (C=O) groups is 1. The Morgan fingerprint density at radius 3 is 2.53 bits per heavy atom. The Hall–Kier alpha value is -1.92. The molecule has 94 valence electrons. The van der Waals surface area contributed by atoms with Gasteiger partial charge in [-0.05, 0) is 20.8 Å². The number of rotatable bonds is 3. The highest BCUT2D eigenvalue weighted by molar-refractivity contribution is 5.72. The molecule has 0 spiro atoms. The minimum atomic E-state index is -2.34. The van der Waals surface area contributed by atoms with Crippen LogP contribution in [0, 0.1) is 13.8 Å². The molecule has 0 saturated heterocycles. The van der Waals surface area contributed by atoms with Gasteiger partial charge in [0.25, 0.3) is 17.4 Å². The Bertz CT molecular complexity index is 546. The fourth-order valence-electron chi connectivity index (χ4n) is 1.23. The molecule has 1 N–H and O–H groups in total. The predicted molar refractivity (Wildman–Crippen MR) is 57.6 cm³/mol. The first-order chi connectivity index (χ1) is 7.90. The van der Waals surface area contributed by atoms with Crippen LogP contribution in [0.5, 0.6) is 0 Å². The highest BCUT2D eigenvalue weighted by atomic mass is 19.1. The molecule has 0 saturated carbocycles. The Balaban J connectivity index is 3.29. The molecular weight excluding hydrogens is 231 g/mol. The van der Waals surface area contributed by atoms with Crippen LogP contribution in [0.25, 0.3) is 0 Å². The molecule has 1 unspecified atom stereocenters. The number of ether oxygens (including phenoxy) is 1. The Labute approximate surface area is 96.0 Å². The van der Waals surface area contributed by atoms with E-state index in [9.17, 15) is 18.8 Å². The van der Waals surface area contributed by atoms with Gasteiger partial charge in [0, 0.05) is 11.1 Å². The molecule has 0 aromatic carbocycles. The fraction of sp³-hybridized carbons (Fsp3) is 0.500. The minimum absolute atomic E-state index is 0.0108. The van der Waals surface area contributed by atoms with Crippen molar-refractivity contribution >= 4 is 5.97 Å². The molecule has 0 bridgehead atoms. The first-order valence-electron chi connectivity index (χ1n) is 5.02. The maximum absolute atomic E-state index is 13.6.